The molecule has 1 aromatic rings. The minimum Gasteiger partial charge on any atom is -0.465 e. The third-order valence-electron chi connectivity index (χ3n) is 2.80. The van der Waals surface area contributed by atoms with Crippen LogP contribution in [0.2, 0.25) is 0 Å². The van der Waals surface area contributed by atoms with Gasteiger partial charge in [-0.25, -0.2) is 4.79 Å². The maximum atomic E-state index is 11.4. The van der Waals surface area contributed by atoms with Crippen molar-refractivity contribution in [2.45, 2.75) is 19.3 Å². The number of hydrogen-bond acceptors (Lipinski definition) is 4. The van der Waals surface area contributed by atoms with Gasteiger partial charge in [0, 0.05) is 12.5 Å². The second-order valence-electron chi connectivity index (χ2n) is 3.80. The molecule has 1 aromatic heterocycles. The van der Waals surface area contributed by atoms with Crippen LogP contribution in [0.3, 0.4) is 0 Å². The number of hydrogen-bond donors (Lipinski definition) is 1. The van der Waals surface area contributed by atoms with E-state index in [1.807, 2.05) is 0 Å². The monoisotopic (exact) mass is 209 g/mol. The van der Waals surface area contributed by atoms with Crippen LogP contribution < -0.4 is 5.32 Å². The Hall–Kier alpha value is -1.29. The van der Waals surface area contributed by atoms with E-state index in [1.165, 1.54) is 7.11 Å². The van der Waals surface area contributed by atoms with Gasteiger partial charge in [-0.2, -0.15) is 0 Å². The lowest BCUT2D eigenvalue weighted by atomic mass is 10.1. The van der Waals surface area contributed by atoms with Gasteiger partial charge in [-0.15, -0.1) is 0 Å². The van der Waals surface area contributed by atoms with E-state index < -0.39 is 0 Å². The SMILES string of the molecule is COC(=O)c1cc(C2CCNC2)oc1C. The minimum atomic E-state index is -0.326. The maximum Gasteiger partial charge on any atom is 0.341 e. The van der Waals surface area contributed by atoms with Crippen LogP contribution in [0.15, 0.2) is 10.5 Å². The molecule has 0 spiro atoms. The Kier molecular flexibility index (Phi) is 2.77. The first-order valence-corrected chi connectivity index (χ1v) is 5.11. The second kappa shape index (κ2) is 4.06. The van der Waals surface area contributed by atoms with Gasteiger partial charge >= 0.3 is 5.97 Å². The lowest BCUT2D eigenvalue weighted by molar-refractivity contribution is 0.0599. The predicted octanol–water partition coefficient (Wildman–Crippen LogP) is 1.45. The van der Waals surface area contributed by atoms with Crippen LogP contribution in [0.5, 0.6) is 0 Å². The van der Waals surface area contributed by atoms with Crippen molar-refractivity contribution in [2.75, 3.05) is 20.2 Å². The molecule has 1 aliphatic rings. The van der Waals surface area contributed by atoms with E-state index in [4.69, 9.17) is 4.42 Å². The largest absolute Gasteiger partial charge is 0.465 e. The summed E-state index contributed by atoms with van der Waals surface area (Å²) < 4.78 is 10.3. The number of nitrogens with one attached hydrogen (secondary N) is 1. The van der Waals surface area contributed by atoms with Crippen molar-refractivity contribution in [1.82, 2.24) is 5.32 Å². The molecule has 0 saturated carbocycles. The molecular weight excluding hydrogens is 194 g/mol. The fraction of sp³-hybridized carbons (Fsp3) is 0.545. The highest BCUT2D eigenvalue weighted by molar-refractivity contribution is 5.90. The summed E-state index contributed by atoms with van der Waals surface area (Å²) in [6.45, 7) is 3.73. The molecule has 2 rings (SSSR count). The van der Waals surface area contributed by atoms with Crippen LogP contribution in [0, 0.1) is 6.92 Å². The number of carbonyl (C=O) groups excluding carboxylic acids is 1. The van der Waals surface area contributed by atoms with Crippen molar-refractivity contribution in [3.63, 3.8) is 0 Å². The third kappa shape index (κ3) is 1.90. The van der Waals surface area contributed by atoms with Gasteiger partial charge in [0.2, 0.25) is 0 Å². The first-order valence-electron chi connectivity index (χ1n) is 5.11. The Labute approximate surface area is 88.6 Å². The highest BCUT2D eigenvalue weighted by Crippen LogP contribution is 2.26. The van der Waals surface area contributed by atoms with Crippen LogP contribution >= 0.6 is 0 Å². The molecule has 82 valence electrons. The normalized spacial score (nSPS) is 20.5. The highest BCUT2D eigenvalue weighted by Gasteiger charge is 2.23. The van der Waals surface area contributed by atoms with Crippen molar-refractivity contribution in [2.24, 2.45) is 0 Å². The van der Waals surface area contributed by atoms with Crippen LogP contribution in [0.4, 0.5) is 0 Å². The third-order valence-corrected chi connectivity index (χ3v) is 2.80. The van der Waals surface area contributed by atoms with Gasteiger partial charge in [0.15, 0.2) is 0 Å². The Morgan fingerprint density at radius 1 is 1.67 bits per heavy atom. The summed E-state index contributed by atoms with van der Waals surface area (Å²) in [4.78, 5) is 11.4. The van der Waals surface area contributed by atoms with Gasteiger partial charge < -0.3 is 14.5 Å². The van der Waals surface area contributed by atoms with Crippen molar-refractivity contribution in [3.8, 4) is 0 Å². The molecule has 0 aliphatic carbocycles. The Morgan fingerprint density at radius 2 is 2.47 bits per heavy atom. The van der Waals surface area contributed by atoms with Crippen LogP contribution in [-0.2, 0) is 4.74 Å². The van der Waals surface area contributed by atoms with Gasteiger partial charge in [0.05, 0.1) is 7.11 Å². The zero-order chi connectivity index (χ0) is 10.8. The summed E-state index contributed by atoms with van der Waals surface area (Å²) in [5.74, 6) is 1.59. The lowest BCUT2D eigenvalue weighted by Crippen LogP contribution is -2.07. The number of esters is 1. The van der Waals surface area contributed by atoms with Crippen molar-refractivity contribution >= 4 is 5.97 Å². The summed E-state index contributed by atoms with van der Waals surface area (Å²) in [6.07, 6.45) is 1.06. The van der Waals surface area contributed by atoms with Crippen LogP contribution in [0.1, 0.15) is 34.2 Å². The van der Waals surface area contributed by atoms with E-state index in [-0.39, 0.29) is 5.97 Å². The molecule has 4 nitrogen and oxygen atoms in total. The first-order chi connectivity index (χ1) is 7.22. The topological polar surface area (TPSA) is 51.5 Å². The smallest absolute Gasteiger partial charge is 0.341 e. The van der Waals surface area contributed by atoms with Gasteiger partial charge in [-0.1, -0.05) is 0 Å². The Bertz CT molecular complexity index is 364. The molecule has 1 N–H and O–H groups in total. The number of methoxy groups -OCH3 is 1. The summed E-state index contributed by atoms with van der Waals surface area (Å²) in [6, 6.07) is 1.80. The summed E-state index contributed by atoms with van der Waals surface area (Å²) in [7, 11) is 1.38. The quantitative estimate of drug-likeness (QED) is 0.749. The molecule has 0 bridgehead atoms. The molecule has 1 saturated heterocycles. The fourth-order valence-corrected chi connectivity index (χ4v) is 1.92. The van der Waals surface area contributed by atoms with E-state index in [1.54, 1.807) is 13.0 Å². The Morgan fingerprint density at radius 3 is 3.07 bits per heavy atom. The average molecular weight is 209 g/mol. The molecule has 1 fully saturated rings. The van der Waals surface area contributed by atoms with Gasteiger partial charge in [-0.3, -0.25) is 0 Å². The summed E-state index contributed by atoms with van der Waals surface area (Å²) >= 11 is 0. The summed E-state index contributed by atoms with van der Waals surface area (Å²) in [5, 5.41) is 3.27. The lowest BCUT2D eigenvalue weighted by Gasteiger charge is -2.01. The van der Waals surface area contributed by atoms with Crippen LogP contribution in [-0.4, -0.2) is 26.2 Å². The first kappa shape index (κ1) is 10.2. The molecular formula is C11H15NO3. The number of rotatable bonds is 2. The number of ether oxygens (including phenoxy) is 1. The molecule has 0 radical (unpaired) electrons. The Balaban J connectivity index is 2.23. The molecule has 15 heavy (non-hydrogen) atoms. The minimum absolute atomic E-state index is 0.326. The predicted molar refractivity (Wildman–Crippen MR) is 55.0 cm³/mol. The standard InChI is InChI=1S/C11H15NO3/c1-7-9(11(13)14-2)5-10(15-7)8-3-4-12-6-8/h5,8,12H,3-4,6H2,1-2H3. The maximum absolute atomic E-state index is 11.4. The van der Waals surface area contributed by atoms with Gasteiger partial charge in [0.1, 0.15) is 17.1 Å². The molecule has 0 amide bonds. The van der Waals surface area contributed by atoms with Crippen molar-refractivity contribution in [1.29, 1.82) is 0 Å². The summed E-state index contributed by atoms with van der Waals surface area (Å²) in [5.41, 5.74) is 0.541. The van der Waals surface area contributed by atoms with E-state index in [0.29, 0.717) is 17.2 Å². The van der Waals surface area contributed by atoms with Crippen molar-refractivity contribution < 1.29 is 13.9 Å². The molecule has 1 unspecified atom stereocenters. The van der Waals surface area contributed by atoms with Gasteiger partial charge in [0.25, 0.3) is 0 Å². The molecule has 2 heterocycles. The van der Waals surface area contributed by atoms with Gasteiger partial charge in [-0.05, 0) is 26.0 Å². The molecule has 4 heteroatoms. The molecule has 1 aliphatic heterocycles. The fourth-order valence-electron chi connectivity index (χ4n) is 1.92. The van der Waals surface area contributed by atoms with Crippen molar-refractivity contribution in [3.05, 3.63) is 23.2 Å². The highest BCUT2D eigenvalue weighted by atomic mass is 16.5. The van der Waals surface area contributed by atoms with E-state index in [2.05, 4.69) is 10.1 Å². The second-order valence-corrected chi connectivity index (χ2v) is 3.80. The molecule has 1 atom stereocenters. The van der Waals surface area contributed by atoms with E-state index in [0.717, 1.165) is 25.3 Å². The van der Waals surface area contributed by atoms with Crippen LogP contribution in [0.25, 0.3) is 0 Å². The molecule has 0 aromatic carbocycles. The average Bonchev–Trinajstić information content (AvgIpc) is 2.84. The number of carbonyl (C=O) groups is 1. The number of aryl methyl sites for hydroxylation is 1. The number of furan rings is 1. The zero-order valence-corrected chi connectivity index (χ0v) is 9.00. The van der Waals surface area contributed by atoms with E-state index in [9.17, 15) is 4.79 Å². The van der Waals surface area contributed by atoms with E-state index >= 15 is 0 Å². The zero-order valence-electron chi connectivity index (χ0n) is 9.00.